The van der Waals surface area contributed by atoms with Gasteiger partial charge in [-0.2, -0.15) is 17.6 Å². The lowest BCUT2D eigenvalue weighted by molar-refractivity contribution is -0.192. The van der Waals surface area contributed by atoms with E-state index in [2.05, 4.69) is 19.9 Å². The van der Waals surface area contributed by atoms with Crippen molar-refractivity contribution in [1.82, 2.24) is 19.9 Å². The minimum Gasteiger partial charge on any atom is -0.475 e. The number of carboxylic acid groups (broad SMARTS) is 1. The summed E-state index contributed by atoms with van der Waals surface area (Å²) in [6.45, 7) is 0. The third-order valence-electron chi connectivity index (χ3n) is 3.53. The predicted molar refractivity (Wildman–Crippen MR) is 88.3 cm³/mol. The van der Waals surface area contributed by atoms with Gasteiger partial charge in [-0.15, -0.1) is 0 Å². The Morgan fingerprint density at radius 3 is 2.41 bits per heavy atom. The summed E-state index contributed by atoms with van der Waals surface area (Å²) in [5.74, 6) is -3.25. The van der Waals surface area contributed by atoms with E-state index in [4.69, 9.17) is 9.90 Å². The van der Waals surface area contributed by atoms with E-state index in [-0.39, 0.29) is 0 Å². The van der Waals surface area contributed by atoms with Crippen LogP contribution in [0.5, 0.6) is 0 Å². The van der Waals surface area contributed by atoms with E-state index < -0.39 is 18.1 Å². The van der Waals surface area contributed by atoms with Gasteiger partial charge in [-0.3, -0.25) is 4.98 Å². The summed E-state index contributed by atoms with van der Waals surface area (Å²) in [6, 6.07) is 8.80. The highest BCUT2D eigenvalue weighted by Crippen LogP contribution is 2.26. The van der Waals surface area contributed by atoms with Crippen molar-refractivity contribution in [3.8, 4) is 11.3 Å². The fourth-order valence-electron chi connectivity index (χ4n) is 2.31. The molecule has 0 spiro atoms. The Morgan fingerprint density at radius 1 is 1.04 bits per heavy atom. The van der Waals surface area contributed by atoms with Gasteiger partial charge < -0.3 is 10.1 Å². The SMILES string of the molecule is Fc1ccc(-c2ccc3c(n2)[nH]c2ccncc23)cn1.O=C(O)C(F)(F)F. The van der Waals surface area contributed by atoms with Crippen LogP contribution in [-0.4, -0.2) is 37.2 Å². The molecule has 10 heteroatoms. The minimum atomic E-state index is -5.08. The van der Waals surface area contributed by atoms with Crippen molar-refractivity contribution in [2.24, 2.45) is 0 Å². The molecule has 4 heterocycles. The molecule has 2 N–H and O–H groups in total. The summed E-state index contributed by atoms with van der Waals surface area (Å²) in [4.78, 5) is 24.5. The first-order valence-electron chi connectivity index (χ1n) is 7.40. The lowest BCUT2D eigenvalue weighted by Crippen LogP contribution is -2.21. The Labute approximate surface area is 148 Å². The third-order valence-corrected chi connectivity index (χ3v) is 3.53. The molecule has 6 nitrogen and oxygen atoms in total. The Morgan fingerprint density at radius 2 is 1.78 bits per heavy atom. The zero-order valence-electron chi connectivity index (χ0n) is 13.3. The summed E-state index contributed by atoms with van der Waals surface area (Å²) in [6.07, 6.45) is -0.0504. The van der Waals surface area contributed by atoms with Gasteiger partial charge in [-0.1, -0.05) is 0 Å². The fourth-order valence-corrected chi connectivity index (χ4v) is 2.31. The van der Waals surface area contributed by atoms with Gasteiger partial charge in [0.1, 0.15) is 5.65 Å². The number of fused-ring (bicyclic) bond motifs is 3. The summed E-state index contributed by atoms with van der Waals surface area (Å²) in [7, 11) is 0. The molecule has 4 rings (SSSR count). The number of aliphatic carboxylic acids is 1. The lowest BCUT2D eigenvalue weighted by atomic mass is 10.1. The Hall–Kier alpha value is -3.56. The summed E-state index contributed by atoms with van der Waals surface area (Å²) < 4.78 is 44.6. The maximum absolute atomic E-state index is 12.9. The van der Waals surface area contributed by atoms with Crippen molar-refractivity contribution in [3.05, 3.63) is 54.9 Å². The van der Waals surface area contributed by atoms with Crippen molar-refractivity contribution >= 4 is 27.9 Å². The minimum absolute atomic E-state index is 0.494. The van der Waals surface area contributed by atoms with Gasteiger partial charge in [-0.25, -0.2) is 14.8 Å². The molecule has 0 saturated carbocycles. The molecule has 0 bridgehead atoms. The number of halogens is 4. The zero-order valence-corrected chi connectivity index (χ0v) is 13.3. The van der Waals surface area contributed by atoms with Gasteiger partial charge in [0.25, 0.3) is 0 Å². The van der Waals surface area contributed by atoms with Crippen LogP contribution in [0.2, 0.25) is 0 Å². The molecule has 4 aromatic rings. The van der Waals surface area contributed by atoms with Crippen molar-refractivity contribution in [3.63, 3.8) is 0 Å². The molecule has 0 radical (unpaired) electrons. The molecular formula is C17H10F4N4O2. The maximum atomic E-state index is 12.9. The number of nitrogens with one attached hydrogen (secondary N) is 1. The standard InChI is InChI=1S/C15H9FN4.C2HF3O2/c16-14-4-1-9(7-18-14)12-3-2-10-11-8-17-6-5-13(11)20-15(10)19-12;3-2(4,5)1(6)7/h1-8H,(H,19,20);(H,6,7). The van der Waals surface area contributed by atoms with E-state index in [1.165, 1.54) is 12.3 Å². The van der Waals surface area contributed by atoms with Crippen molar-refractivity contribution < 1.29 is 27.5 Å². The second-order valence-corrected chi connectivity index (χ2v) is 5.31. The zero-order chi connectivity index (χ0) is 19.6. The highest BCUT2D eigenvalue weighted by molar-refractivity contribution is 6.05. The van der Waals surface area contributed by atoms with Crippen LogP contribution in [0.4, 0.5) is 17.6 Å². The lowest BCUT2D eigenvalue weighted by Gasteiger charge is -2.00. The molecule has 0 aliphatic carbocycles. The monoisotopic (exact) mass is 378 g/mol. The summed E-state index contributed by atoms with van der Waals surface area (Å²) in [5.41, 5.74) is 3.32. The molecule has 0 aliphatic rings. The summed E-state index contributed by atoms with van der Waals surface area (Å²) >= 11 is 0. The van der Waals surface area contributed by atoms with Gasteiger partial charge in [0.15, 0.2) is 0 Å². The second-order valence-electron chi connectivity index (χ2n) is 5.31. The molecular weight excluding hydrogens is 368 g/mol. The van der Waals surface area contributed by atoms with E-state index in [0.717, 1.165) is 33.2 Å². The van der Waals surface area contributed by atoms with Crippen LogP contribution in [-0.2, 0) is 4.79 Å². The normalized spacial score (nSPS) is 11.3. The van der Waals surface area contributed by atoms with E-state index in [1.807, 2.05) is 24.4 Å². The first kappa shape index (κ1) is 18.2. The Bertz CT molecular complexity index is 1110. The molecule has 0 fully saturated rings. The molecule has 138 valence electrons. The van der Waals surface area contributed by atoms with E-state index in [9.17, 15) is 17.6 Å². The first-order valence-corrected chi connectivity index (χ1v) is 7.40. The molecule has 4 aromatic heterocycles. The largest absolute Gasteiger partial charge is 0.490 e. The van der Waals surface area contributed by atoms with E-state index >= 15 is 0 Å². The second kappa shape index (κ2) is 6.98. The number of H-pyrrole nitrogens is 1. The van der Waals surface area contributed by atoms with Crippen LogP contribution < -0.4 is 0 Å². The van der Waals surface area contributed by atoms with Crippen molar-refractivity contribution in [2.75, 3.05) is 0 Å². The highest BCUT2D eigenvalue weighted by Gasteiger charge is 2.38. The number of alkyl halides is 3. The topological polar surface area (TPSA) is 91.8 Å². The third kappa shape index (κ3) is 4.00. The van der Waals surface area contributed by atoms with Gasteiger partial charge in [0.05, 0.1) is 11.2 Å². The molecule has 0 atom stereocenters. The van der Waals surface area contributed by atoms with Crippen molar-refractivity contribution in [2.45, 2.75) is 6.18 Å². The number of aromatic amines is 1. The number of hydrogen-bond acceptors (Lipinski definition) is 4. The number of nitrogens with zero attached hydrogens (tertiary/aromatic N) is 3. The summed E-state index contributed by atoms with van der Waals surface area (Å²) in [5, 5.41) is 9.19. The van der Waals surface area contributed by atoms with E-state index in [1.54, 1.807) is 12.3 Å². The van der Waals surface area contributed by atoms with Crippen LogP contribution in [0.25, 0.3) is 33.2 Å². The Kier molecular flexibility index (Phi) is 4.72. The van der Waals surface area contributed by atoms with Crippen LogP contribution in [0, 0.1) is 5.95 Å². The molecule has 27 heavy (non-hydrogen) atoms. The Balaban J connectivity index is 0.000000260. The molecule has 0 aliphatic heterocycles. The fraction of sp³-hybridized carbons (Fsp3) is 0.0588. The van der Waals surface area contributed by atoms with Gasteiger partial charge in [-0.05, 0) is 30.3 Å². The number of carboxylic acids is 1. The number of rotatable bonds is 1. The first-order chi connectivity index (χ1) is 12.8. The average Bonchev–Trinajstić information content (AvgIpc) is 3.00. The molecule has 0 saturated heterocycles. The number of pyridine rings is 3. The number of aromatic nitrogens is 4. The quantitative estimate of drug-likeness (QED) is 0.387. The number of hydrogen-bond donors (Lipinski definition) is 2. The van der Waals surface area contributed by atoms with Crippen LogP contribution >= 0.6 is 0 Å². The van der Waals surface area contributed by atoms with Gasteiger partial charge >= 0.3 is 12.1 Å². The van der Waals surface area contributed by atoms with Crippen LogP contribution in [0.1, 0.15) is 0 Å². The molecule has 0 amide bonds. The van der Waals surface area contributed by atoms with Gasteiger partial charge in [0.2, 0.25) is 5.95 Å². The molecule has 0 aromatic carbocycles. The maximum Gasteiger partial charge on any atom is 0.490 e. The number of carbonyl (C=O) groups is 1. The molecule has 0 unspecified atom stereocenters. The van der Waals surface area contributed by atoms with Crippen LogP contribution in [0.15, 0.2) is 48.9 Å². The van der Waals surface area contributed by atoms with Crippen molar-refractivity contribution in [1.29, 1.82) is 0 Å². The van der Waals surface area contributed by atoms with E-state index in [0.29, 0.717) is 0 Å². The van der Waals surface area contributed by atoms with Gasteiger partial charge in [0, 0.05) is 34.9 Å². The highest BCUT2D eigenvalue weighted by atomic mass is 19.4. The van der Waals surface area contributed by atoms with Crippen LogP contribution in [0.3, 0.4) is 0 Å². The predicted octanol–water partition coefficient (Wildman–Crippen LogP) is 3.95. The average molecular weight is 378 g/mol. The smallest absolute Gasteiger partial charge is 0.475 e.